The third kappa shape index (κ3) is 3.54. The molecule has 1 N–H and O–H groups in total. The van der Waals surface area contributed by atoms with Gasteiger partial charge in [-0.2, -0.15) is 5.10 Å². The van der Waals surface area contributed by atoms with E-state index in [-0.39, 0.29) is 17.9 Å². The largest absolute Gasteiger partial charge is 0.342 e. The Balaban J connectivity index is 1.49. The molecule has 2 aliphatic heterocycles. The number of benzene rings is 1. The van der Waals surface area contributed by atoms with Crippen molar-refractivity contribution >= 4 is 11.8 Å². The molecule has 0 saturated carbocycles. The lowest BCUT2D eigenvalue weighted by Crippen LogP contribution is -2.69. The molecule has 2 atom stereocenters. The summed E-state index contributed by atoms with van der Waals surface area (Å²) in [5, 5.41) is 7.55. The van der Waals surface area contributed by atoms with E-state index in [1.165, 1.54) is 0 Å². The number of amides is 2. The molecule has 2 aromatic rings. The molecule has 2 amide bonds. The fourth-order valence-corrected chi connectivity index (χ4v) is 4.22. The van der Waals surface area contributed by atoms with Crippen LogP contribution in [0.15, 0.2) is 36.5 Å². The molecule has 28 heavy (non-hydrogen) atoms. The zero-order valence-corrected chi connectivity index (χ0v) is 16.5. The van der Waals surface area contributed by atoms with E-state index in [2.05, 4.69) is 27.4 Å². The van der Waals surface area contributed by atoms with Crippen molar-refractivity contribution in [3.63, 3.8) is 0 Å². The first-order valence-corrected chi connectivity index (χ1v) is 9.98. The van der Waals surface area contributed by atoms with Gasteiger partial charge in [-0.25, -0.2) is 0 Å². The summed E-state index contributed by atoms with van der Waals surface area (Å²) in [6.45, 7) is 4.65. The minimum atomic E-state index is -0.397. The number of aromatic nitrogens is 2. The molecule has 148 valence electrons. The van der Waals surface area contributed by atoms with Crippen LogP contribution in [0.4, 0.5) is 0 Å². The van der Waals surface area contributed by atoms with Gasteiger partial charge in [0.15, 0.2) is 0 Å². The summed E-state index contributed by atoms with van der Waals surface area (Å²) >= 11 is 0. The standard InChI is InChI=1S/C21H27N5O2/c1-3-7-17-21(28)26-11-10-25(14-18(26)20(27)22-17)13-16-12-24(2)23-19(16)15-8-5-4-6-9-15/h4-6,8-9,12,17-18H,3,7,10-11,13-14H2,1-2H3,(H,22,27)/t17-,18+/m0/s1. The summed E-state index contributed by atoms with van der Waals surface area (Å²) in [5.41, 5.74) is 3.19. The zero-order valence-electron chi connectivity index (χ0n) is 16.5. The molecule has 0 bridgehead atoms. The Labute approximate surface area is 165 Å². The molecule has 2 aliphatic rings. The van der Waals surface area contributed by atoms with Gasteiger partial charge in [-0.3, -0.25) is 19.2 Å². The molecule has 0 unspecified atom stereocenters. The normalized spacial score (nSPS) is 22.9. The van der Waals surface area contributed by atoms with Crippen molar-refractivity contribution in [2.45, 2.75) is 38.4 Å². The third-order valence-corrected chi connectivity index (χ3v) is 5.59. The average molecular weight is 381 g/mol. The SMILES string of the molecule is CCC[C@@H]1NC(=O)[C@H]2CN(Cc3cn(C)nc3-c3ccccc3)CCN2C1=O. The van der Waals surface area contributed by atoms with E-state index in [0.29, 0.717) is 26.1 Å². The van der Waals surface area contributed by atoms with Crippen LogP contribution in [0.25, 0.3) is 11.3 Å². The Kier molecular flexibility index (Phi) is 5.17. The zero-order chi connectivity index (χ0) is 19.7. The predicted molar refractivity (Wildman–Crippen MR) is 106 cm³/mol. The predicted octanol–water partition coefficient (Wildman–Crippen LogP) is 1.40. The maximum Gasteiger partial charge on any atom is 0.245 e. The molecular formula is C21H27N5O2. The second-order valence-electron chi connectivity index (χ2n) is 7.68. The van der Waals surface area contributed by atoms with Crippen LogP contribution in [0.1, 0.15) is 25.3 Å². The van der Waals surface area contributed by atoms with Crippen LogP contribution in [0.5, 0.6) is 0 Å². The molecule has 1 aromatic heterocycles. The average Bonchev–Trinajstić information content (AvgIpc) is 3.07. The summed E-state index contributed by atoms with van der Waals surface area (Å²) in [6, 6.07) is 9.38. The molecule has 3 heterocycles. The number of nitrogens with one attached hydrogen (secondary N) is 1. The van der Waals surface area contributed by atoms with Crippen LogP contribution in [0, 0.1) is 0 Å². The molecule has 7 nitrogen and oxygen atoms in total. The summed E-state index contributed by atoms with van der Waals surface area (Å²) in [4.78, 5) is 29.3. The fraction of sp³-hybridized carbons (Fsp3) is 0.476. The lowest BCUT2D eigenvalue weighted by molar-refractivity contribution is -0.153. The van der Waals surface area contributed by atoms with Crippen LogP contribution in [0.3, 0.4) is 0 Å². The van der Waals surface area contributed by atoms with Crippen LogP contribution < -0.4 is 5.32 Å². The second kappa shape index (κ2) is 7.75. The number of carbonyl (C=O) groups is 2. The number of fused-ring (bicyclic) bond motifs is 1. The number of hydrogen-bond acceptors (Lipinski definition) is 4. The molecule has 0 spiro atoms. The summed E-state index contributed by atoms with van der Waals surface area (Å²) in [7, 11) is 1.93. The molecule has 2 saturated heterocycles. The van der Waals surface area contributed by atoms with Crippen molar-refractivity contribution in [1.82, 2.24) is 24.9 Å². The van der Waals surface area contributed by atoms with Gasteiger partial charge in [0.1, 0.15) is 12.1 Å². The van der Waals surface area contributed by atoms with Crippen molar-refractivity contribution in [2.75, 3.05) is 19.6 Å². The highest BCUT2D eigenvalue weighted by molar-refractivity contribution is 5.97. The quantitative estimate of drug-likeness (QED) is 0.850. The van der Waals surface area contributed by atoms with E-state index < -0.39 is 6.04 Å². The lowest BCUT2D eigenvalue weighted by Gasteiger charge is -2.45. The van der Waals surface area contributed by atoms with Gasteiger partial charge >= 0.3 is 0 Å². The van der Waals surface area contributed by atoms with Crippen molar-refractivity contribution in [1.29, 1.82) is 0 Å². The van der Waals surface area contributed by atoms with Gasteiger partial charge in [-0.15, -0.1) is 0 Å². The Morgan fingerprint density at radius 1 is 1.18 bits per heavy atom. The highest BCUT2D eigenvalue weighted by Crippen LogP contribution is 2.25. The van der Waals surface area contributed by atoms with Crippen LogP contribution in [-0.4, -0.2) is 63.1 Å². The molecule has 4 rings (SSSR count). The summed E-state index contributed by atoms with van der Waals surface area (Å²) < 4.78 is 1.83. The van der Waals surface area contributed by atoms with E-state index in [0.717, 1.165) is 29.8 Å². The van der Waals surface area contributed by atoms with E-state index in [9.17, 15) is 9.59 Å². The molecule has 2 fully saturated rings. The Morgan fingerprint density at radius 3 is 2.71 bits per heavy atom. The molecule has 7 heteroatoms. The van der Waals surface area contributed by atoms with Crippen LogP contribution >= 0.6 is 0 Å². The van der Waals surface area contributed by atoms with Crippen molar-refractivity contribution in [3.05, 3.63) is 42.1 Å². The monoisotopic (exact) mass is 381 g/mol. The third-order valence-electron chi connectivity index (χ3n) is 5.59. The van der Waals surface area contributed by atoms with Gasteiger partial charge in [0.05, 0.1) is 5.69 Å². The number of nitrogens with zero attached hydrogens (tertiary/aromatic N) is 4. The summed E-state index contributed by atoms with van der Waals surface area (Å²) in [5.74, 6) is 0.0367. The number of hydrogen-bond donors (Lipinski definition) is 1. The topological polar surface area (TPSA) is 70.5 Å². The highest BCUT2D eigenvalue weighted by Gasteiger charge is 2.43. The first-order valence-electron chi connectivity index (χ1n) is 9.98. The summed E-state index contributed by atoms with van der Waals surface area (Å²) in [6.07, 6.45) is 3.62. The highest BCUT2D eigenvalue weighted by atomic mass is 16.2. The van der Waals surface area contributed by atoms with Gasteiger partial charge in [0, 0.05) is 50.6 Å². The number of rotatable bonds is 5. The number of aryl methyl sites for hydroxylation is 1. The van der Waals surface area contributed by atoms with Crippen LogP contribution in [0.2, 0.25) is 0 Å². The van der Waals surface area contributed by atoms with E-state index >= 15 is 0 Å². The minimum Gasteiger partial charge on any atom is -0.342 e. The van der Waals surface area contributed by atoms with Gasteiger partial charge in [-0.05, 0) is 6.42 Å². The molecule has 0 aliphatic carbocycles. The Bertz CT molecular complexity index is 863. The van der Waals surface area contributed by atoms with Gasteiger partial charge in [0.25, 0.3) is 0 Å². The molecular weight excluding hydrogens is 354 g/mol. The molecule has 1 aromatic carbocycles. The minimum absolute atomic E-state index is 0.0304. The second-order valence-corrected chi connectivity index (χ2v) is 7.68. The Hall–Kier alpha value is -2.67. The Morgan fingerprint density at radius 2 is 1.96 bits per heavy atom. The number of carbonyl (C=O) groups excluding carboxylic acids is 2. The van der Waals surface area contributed by atoms with Crippen molar-refractivity contribution in [3.8, 4) is 11.3 Å². The lowest BCUT2D eigenvalue weighted by atomic mass is 10.0. The molecule has 0 radical (unpaired) electrons. The van der Waals surface area contributed by atoms with E-state index in [4.69, 9.17) is 0 Å². The van der Waals surface area contributed by atoms with Gasteiger partial charge in [-0.1, -0.05) is 43.7 Å². The van der Waals surface area contributed by atoms with Gasteiger partial charge in [0.2, 0.25) is 11.8 Å². The fourth-order valence-electron chi connectivity index (χ4n) is 4.22. The van der Waals surface area contributed by atoms with Crippen molar-refractivity contribution in [2.24, 2.45) is 7.05 Å². The maximum atomic E-state index is 12.7. The first kappa shape index (κ1) is 18.7. The first-order chi connectivity index (χ1) is 13.6. The maximum absolute atomic E-state index is 12.7. The van der Waals surface area contributed by atoms with Crippen LogP contribution in [-0.2, 0) is 23.2 Å². The van der Waals surface area contributed by atoms with Crippen molar-refractivity contribution < 1.29 is 9.59 Å². The smallest absolute Gasteiger partial charge is 0.245 e. The van der Waals surface area contributed by atoms with E-state index in [1.54, 1.807) is 4.90 Å². The van der Waals surface area contributed by atoms with Gasteiger partial charge < -0.3 is 10.2 Å². The number of piperazine rings is 2. The van der Waals surface area contributed by atoms with E-state index in [1.807, 2.05) is 43.0 Å².